The fraction of sp³-hybridized carbons (Fsp3) is 0.632. The molecule has 5 heteroatoms. The number of oxazole rings is 1. The molecule has 0 spiro atoms. The molecule has 3 heterocycles. The molecule has 2 aromatic rings. The van der Waals surface area contributed by atoms with E-state index in [1.165, 1.54) is 25.9 Å². The SMILES string of the molecule is c1ccc2oc(C3CCCN(CCN4CCCOCC4)C3)nc2c1. The van der Waals surface area contributed by atoms with E-state index in [4.69, 9.17) is 14.1 Å². The average molecular weight is 329 g/mol. The third-order valence-electron chi connectivity index (χ3n) is 5.21. The number of nitrogens with zero attached hydrogens (tertiary/aromatic N) is 3. The van der Waals surface area contributed by atoms with Crippen molar-refractivity contribution in [1.82, 2.24) is 14.8 Å². The van der Waals surface area contributed by atoms with Gasteiger partial charge in [-0.25, -0.2) is 4.98 Å². The van der Waals surface area contributed by atoms with Gasteiger partial charge < -0.3 is 14.1 Å². The minimum absolute atomic E-state index is 0.429. The van der Waals surface area contributed by atoms with Gasteiger partial charge in [0.2, 0.25) is 0 Å². The fourth-order valence-corrected chi connectivity index (χ4v) is 3.83. The summed E-state index contributed by atoms with van der Waals surface area (Å²) < 4.78 is 11.5. The standard InChI is InChI=1S/C19H27N3O2/c1-2-7-18-17(6-1)20-19(24-18)16-5-3-8-22(15-16)11-10-21-9-4-13-23-14-12-21/h1-2,6-7,16H,3-5,8-15H2. The predicted molar refractivity (Wildman–Crippen MR) is 94.3 cm³/mol. The summed E-state index contributed by atoms with van der Waals surface area (Å²) in [6.07, 6.45) is 3.57. The number of para-hydroxylation sites is 2. The molecule has 130 valence electrons. The number of likely N-dealkylation sites (tertiary alicyclic amines) is 1. The second-order valence-electron chi connectivity index (χ2n) is 6.97. The zero-order valence-electron chi connectivity index (χ0n) is 14.3. The van der Waals surface area contributed by atoms with Crippen LogP contribution in [0.15, 0.2) is 28.7 Å². The van der Waals surface area contributed by atoms with Gasteiger partial charge in [-0.05, 0) is 37.9 Å². The molecule has 2 saturated heterocycles. The van der Waals surface area contributed by atoms with Crippen LogP contribution in [0.2, 0.25) is 0 Å². The Balaban J connectivity index is 1.34. The smallest absolute Gasteiger partial charge is 0.199 e. The van der Waals surface area contributed by atoms with E-state index in [-0.39, 0.29) is 0 Å². The second-order valence-corrected chi connectivity index (χ2v) is 6.97. The second kappa shape index (κ2) is 7.64. The van der Waals surface area contributed by atoms with Crippen molar-refractivity contribution in [2.24, 2.45) is 0 Å². The van der Waals surface area contributed by atoms with Crippen LogP contribution in [0.25, 0.3) is 11.1 Å². The number of rotatable bonds is 4. The van der Waals surface area contributed by atoms with Gasteiger partial charge in [0.15, 0.2) is 11.5 Å². The number of hydrogen-bond donors (Lipinski definition) is 0. The van der Waals surface area contributed by atoms with E-state index in [1.807, 2.05) is 24.3 Å². The van der Waals surface area contributed by atoms with Gasteiger partial charge in [-0.15, -0.1) is 0 Å². The molecule has 1 unspecified atom stereocenters. The van der Waals surface area contributed by atoms with Crippen LogP contribution in [0.5, 0.6) is 0 Å². The molecule has 5 nitrogen and oxygen atoms in total. The molecule has 1 atom stereocenters. The first kappa shape index (κ1) is 16.1. The molecule has 2 aliphatic rings. The summed E-state index contributed by atoms with van der Waals surface area (Å²) in [4.78, 5) is 9.83. The molecule has 4 rings (SSSR count). The molecule has 1 aromatic carbocycles. The van der Waals surface area contributed by atoms with Crippen molar-refractivity contribution < 1.29 is 9.15 Å². The molecular formula is C19H27N3O2. The Morgan fingerprint density at radius 3 is 2.83 bits per heavy atom. The molecule has 24 heavy (non-hydrogen) atoms. The zero-order chi connectivity index (χ0) is 16.2. The predicted octanol–water partition coefficient (Wildman–Crippen LogP) is 2.73. The lowest BCUT2D eigenvalue weighted by atomic mass is 9.98. The molecule has 0 saturated carbocycles. The summed E-state index contributed by atoms with van der Waals surface area (Å²) in [5.41, 5.74) is 1.89. The maximum absolute atomic E-state index is 6.00. The Morgan fingerprint density at radius 1 is 1.00 bits per heavy atom. The van der Waals surface area contributed by atoms with Gasteiger partial charge in [0, 0.05) is 45.2 Å². The monoisotopic (exact) mass is 329 g/mol. The van der Waals surface area contributed by atoms with Crippen molar-refractivity contribution >= 4 is 11.1 Å². The van der Waals surface area contributed by atoms with Crippen LogP contribution in [-0.2, 0) is 4.74 Å². The van der Waals surface area contributed by atoms with Crippen LogP contribution in [0.3, 0.4) is 0 Å². The molecule has 0 bridgehead atoms. The van der Waals surface area contributed by atoms with Gasteiger partial charge in [0.05, 0.1) is 6.61 Å². The van der Waals surface area contributed by atoms with Crippen LogP contribution in [-0.4, -0.2) is 67.3 Å². The van der Waals surface area contributed by atoms with E-state index in [0.29, 0.717) is 5.92 Å². The summed E-state index contributed by atoms with van der Waals surface area (Å²) >= 11 is 0. The highest BCUT2D eigenvalue weighted by molar-refractivity contribution is 5.72. The first-order valence-electron chi connectivity index (χ1n) is 9.26. The highest BCUT2D eigenvalue weighted by Gasteiger charge is 2.25. The van der Waals surface area contributed by atoms with Crippen molar-refractivity contribution in [3.63, 3.8) is 0 Å². The normalized spacial score (nSPS) is 24.2. The number of benzene rings is 1. The summed E-state index contributed by atoms with van der Waals surface area (Å²) in [6, 6.07) is 8.07. The molecule has 2 aliphatic heterocycles. The molecular weight excluding hydrogens is 302 g/mol. The maximum atomic E-state index is 6.00. The number of fused-ring (bicyclic) bond motifs is 1. The highest BCUT2D eigenvalue weighted by Crippen LogP contribution is 2.28. The Bertz CT molecular complexity index is 616. The Kier molecular flexibility index (Phi) is 5.11. The third kappa shape index (κ3) is 3.79. The summed E-state index contributed by atoms with van der Waals surface area (Å²) in [5, 5.41) is 0. The van der Waals surface area contributed by atoms with E-state index < -0.39 is 0 Å². The third-order valence-corrected chi connectivity index (χ3v) is 5.21. The van der Waals surface area contributed by atoms with Crippen molar-refractivity contribution in [1.29, 1.82) is 0 Å². The quantitative estimate of drug-likeness (QED) is 0.863. The van der Waals surface area contributed by atoms with Crippen LogP contribution >= 0.6 is 0 Å². The van der Waals surface area contributed by atoms with Gasteiger partial charge in [-0.3, -0.25) is 4.90 Å². The topological polar surface area (TPSA) is 41.7 Å². The van der Waals surface area contributed by atoms with Crippen molar-refractivity contribution in [2.75, 3.05) is 52.5 Å². The Hall–Kier alpha value is -1.43. The lowest BCUT2D eigenvalue weighted by Crippen LogP contribution is -2.40. The van der Waals surface area contributed by atoms with Gasteiger partial charge in [-0.1, -0.05) is 12.1 Å². The van der Waals surface area contributed by atoms with Gasteiger partial charge in [0.1, 0.15) is 5.52 Å². The van der Waals surface area contributed by atoms with Crippen LogP contribution < -0.4 is 0 Å². The van der Waals surface area contributed by atoms with E-state index in [0.717, 1.165) is 62.8 Å². The first-order valence-corrected chi connectivity index (χ1v) is 9.26. The van der Waals surface area contributed by atoms with Crippen LogP contribution in [0.1, 0.15) is 31.1 Å². The van der Waals surface area contributed by atoms with E-state index >= 15 is 0 Å². The minimum Gasteiger partial charge on any atom is -0.440 e. The lowest BCUT2D eigenvalue weighted by molar-refractivity contribution is 0.133. The fourth-order valence-electron chi connectivity index (χ4n) is 3.83. The molecule has 2 fully saturated rings. The Morgan fingerprint density at radius 2 is 1.88 bits per heavy atom. The summed E-state index contributed by atoms with van der Waals surface area (Å²) in [6.45, 7) is 8.58. The zero-order valence-corrected chi connectivity index (χ0v) is 14.3. The van der Waals surface area contributed by atoms with E-state index in [9.17, 15) is 0 Å². The average Bonchev–Trinajstić information content (AvgIpc) is 2.89. The van der Waals surface area contributed by atoms with Crippen LogP contribution in [0, 0.1) is 0 Å². The van der Waals surface area contributed by atoms with Crippen LogP contribution in [0.4, 0.5) is 0 Å². The maximum Gasteiger partial charge on any atom is 0.199 e. The first-order chi connectivity index (χ1) is 11.9. The molecule has 0 amide bonds. The number of ether oxygens (including phenoxy) is 1. The van der Waals surface area contributed by atoms with Gasteiger partial charge in [0.25, 0.3) is 0 Å². The van der Waals surface area contributed by atoms with Crippen molar-refractivity contribution in [3.05, 3.63) is 30.2 Å². The lowest BCUT2D eigenvalue weighted by Gasteiger charge is -2.32. The van der Waals surface area contributed by atoms with Gasteiger partial charge >= 0.3 is 0 Å². The largest absolute Gasteiger partial charge is 0.440 e. The Labute approximate surface area is 143 Å². The summed E-state index contributed by atoms with van der Waals surface area (Å²) in [5.74, 6) is 1.35. The van der Waals surface area contributed by atoms with Crippen molar-refractivity contribution in [3.8, 4) is 0 Å². The number of piperidine rings is 1. The molecule has 0 radical (unpaired) electrons. The minimum atomic E-state index is 0.429. The molecule has 1 aromatic heterocycles. The summed E-state index contributed by atoms with van der Waals surface area (Å²) in [7, 11) is 0. The number of hydrogen-bond acceptors (Lipinski definition) is 5. The highest BCUT2D eigenvalue weighted by atomic mass is 16.5. The van der Waals surface area contributed by atoms with Gasteiger partial charge in [-0.2, -0.15) is 0 Å². The van der Waals surface area contributed by atoms with Crippen molar-refractivity contribution in [2.45, 2.75) is 25.2 Å². The van der Waals surface area contributed by atoms with E-state index in [2.05, 4.69) is 9.80 Å². The molecule has 0 N–H and O–H groups in total. The molecule has 0 aliphatic carbocycles. The number of aromatic nitrogens is 1. The van der Waals surface area contributed by atoms with E-state index in [1.54, 1.807) is 0 Å².